The number of anilines is 1. The first kappa shape index (κ1) is 14.9. The summed E-state index contributed by atoms with van der Waals surface area (Å²) in [7, 11) is 1.41. The van der Waals surface area contributed by atoms with Gasteiger partial charge in [0.2, 0.25) is 0 Å². The first-order valence-corrected chi connectivity index (χ1v) is 5.59. The van der Waals surface area contributed by atoms with E-state index in [1.165, 1.54) is 13.1 Å². The number of urea groups is 1. The molecule has 0 radical (unpaired) electrons. The lowest BCUT2D eigenvalue weighted by Gasteiger charge is -2.17. The molecule has 0 bridgehead atoms. The summed E-state index contributed by atoms with van der Waals surface area (Å²) in [6.07, 6.45) is 0.185. The summed E-state index contributed by atoms with van der Waals surface area (Å²) >= 11 is 0. The van der Waals surface area contributed by atoms with E-state index in [9.17, 15) is 18.4 Å². The third kappa shape index (κ3) is 4.53. The van der Waals surface area contributed by atoms with Gasteiger partial charge in [0.25, 0.3) is 0 Å². The van der Waals surface area contributed by atoms with Crippen LogP contribution in [-0.4, -0.2) is 35.6 Å². The van der Waals surface area contributed by atoms with Crippen LogP contribution < -0.4 is 5.32 Å². The van der Waals surface area contributed by atoms with Crippen LogP contribution >= 0.6 is 0 Å². The minimum absolute atomic E-state index is 0.0777. The van der Waals surface area contributed by atoms with E-state index >= 15 is 0 Å². The monoisotopic (exact) mass is 272 g/mol. The third-order valence-corrected chi connectivity index (χ3v) is 2.43. The predicted molar refractivity (Wildman–Crippen MR) is 64.9 cm³/mol. The Hall–Kier alpha value is -2.18. The van der Waals surface area contributed by atoms with Gasteiger partial charge in [-0.1, -0.05) is 6.07 Å². The lowest BCUT2D eigenvalue weighted by molar-refractivity contribution is -0.137. The van der Waals surface area contributed by atoms with Gasteiger partial charge < -0.3 is 15.3 Å². The number of hydrogen-bond acceptors (Lipinski definition) is 2. The van der Waals surface area contributed by atoms with Gasteiger partial charge in [0.1, 0.15) is 17.3 Å². The number of benzene rings is 1. The minimum atomic E-state index is -0.964. The summed E-state index contributed by atoms with van der Waals surface area (Å²) in [6, 6.07) is 2.55. The summed E-state index contributed by atoms with van der Waals surface area (Å²) in [6.45, 7) is 0.175. The molecule has 1 aromatic rings. The Balaban J connectivity index is 2.57. The number of para-hydroxylation sites is 1. The molecule has 0 aliphatic rings. The van der Waals surface area contributed by atoms with Crippen LogP contribution in [0.1, 0.15) is 12.8 Å². The largest absolute Gasteiger partial charge is 0.481 e. The lowest BCUT2D eigenvalue weighted by Crippen LogP contribution is -2.33. The van der Waals surface area contributed by atoms with Crippen molar-refractivity contribution in [2.75, 3.05) is 18.9 Å². The molecule has 0 unspecified atom stereocenters. The van der Waals surface area contributed by atoms with Crippen LogP contribution in [0, 0.1) is 11.6 Å². The number of carboxylic acids is 1. The van der Waals surface area contributed by atoms with Gasteiger partial charge in [-0.15, -0.1) is 0 Å². The molecule has 7 heteroatoms. The smallest absolute Gasteiger partial charge is 0.321 e. The zero-order chi connectivity index (χ0) is 14.4. The number of carboxylic acid groups (broad SMARTS) is 1. The number of aliphatic carboxylic acids is 1. The predicted octanol–water partition coefficient (Wildman–Crippen LogP) is 2.29. The van der Waals surface area contributed by atoms with Gasteiger partial charge in [0.05, 0.1) is 0 Å². The van der Waals surface area contributed by atoms with Crippen molar-refractivity contribution in [3.63, 3.8) is 0 Å². The Morgan fingerprint density at radius 3 is 2.42 bits per heavy atom. The van der Waals surface area contributed by atoms with E-state index < -0.39 is 29.3 Å². The first-order valence-electron chi connectivity index (χ1n) is 5.59. The van der Waals surface area contributed by atoms with E-state index in [0.717, 1.165) is 17.0 Å². The molecule has 1 aromatic carbocycles. The maximum atomic E-state index is 13.3. The lowest BCUT2D eigenvalue weighted by atomic mass is 10.3. The average Bonchev–Trinajstić information content (AvgIpc) is 2.33. The molecule has 19 heavy (non-hydrogen) atoms. The average molecular weight is 272 g/mol. The van der Waals surface area contributed by atoms with E-state index in [2.05, 4.69) is 5.32 Å². The Morgan fingerprint density at radius 1 is 1.32 bits per heavy atom. The van der Waals surface area contributed by atoms with Crippen molar-refractivity contribution in [1.29, 1.82) is 0 Å². The standard InChI is InChI=1S/C12H14F2N2O3/c1-16(7-3-6-10(17)18)12(19)15-11-8(13)4-2-5-9(11)14/h2,4-5H,3,6-7H2,1H3,(H,15,19)(H,17,18). The van der Waals surface area contributed by atoms with Gasteiger partial charge in [-0.2, -0.15) is 0 Å². The molecule has 1 rings (SSSR count). The molecule has 2 amide bonds. The Morgan fingerprint density at radius 2 is 1.89 bits per heavy atom. The second-order valence-corrected chi connectivity index (χ2v) is 3.95. The number of hydrogen-bond donors (Lipinski definition) is 2. The van der Waals surface area contributed by atoms with Crippen molar-refractivity contribution >= 4 is 17.7 Å². The van der Waals surface area contributed by atoms with Gasteiger partial charge in [0, 0.05) is 20.0 Å². The normalized spacial score (nSPS) is 10.1. The molecule has 0 aliphatic carbocycles. The Kier molecular flexibility index (Phi) is 5.23. The number of rotatable bonds is 5. The number of carbonyl (C=O) groups excluding carboxylic acids is 1. The van der Waals surface area contributed by atoms with Gasteiger partial charge in [-0.3, -0.25) is 4.79 Å². The van der Waals surface area contributed by atoms with Crippen molar-refractivity contribution < 1.29 is 23.5 Å². The minimum Gasteiger partial charge on any atom is -0.481 e. The van der Waals surface area contributed by atoms with E-state index in [1.807, 2.05) is 0 Å². The maximum absolute atomic E-state index is 13.3. The van der Waals surface area contributed by atoms with Crippen molar-refractivity contribution in [1.82, 2.24) is 4.90 Å². The van der Waals surface area contributed by atoms with Crippen LogP contribution in [0.3, 0.4) is 0 Å². The summed E-state index contributed by atoms with van der Waals surface area (Å²) in [5.41, 5.74) is -0.516. The number of carbonyl (C=O) groups is 2. The quantitative estimate of drug-likeness (QED) is 0.864. The number of nitrogens with zero attached hydrogens (tertiary/aromatic N) is 1. The van der Waals surface area contributed by atoms with Crippen LogP contribution in [0.5, 0.6) is 0 Å². The third-order valence-electron chi connectivity index (χ3n) is 2.43. The molecular weight excluding hydrogens is 258 g/mol. The highest BCUT2D eigenvalue weighted by atomic mass is 19.1. The Bertz CT molecular complexity index is 460. The number of halogens is 2. The summed E-state index contributed by atoms with van der Waals surface area (Å²) in [4.78, 5) is 23.1. The molecule has 5 nitrogen and oxygen atoms in total. The molecule has 2 N–H and O–H groups in total. The van der Waals surface area contributed by atoms with E-state index in [-0.39, 0.29) is 19.4 Å². The second kappa shape index (κ2) is 6.67. The Labute approximate surface area is 108 Å². The summed E-state index contributed by atoms with van der Waals surface area (Å²) in [5.74, 6) is -2.70. The zero-order valence-corrected chi connectivity index (χ0v) is 10.3. The first-order chi connectivity index (χ1) is 8.91. The van der Waals surface area contributed by atoms with Crippen LogP contribution in [0.15, 0.2) is 18.2 Å². The van der Waals surface area contributed by atoms with Crippen LogP contribution in [0.4, 0.5) is 19.3 Å². The van der Waals surface area contributed by atoms with Gasteiger partial charge >= 0.3 is 12.0 Å². The molecule has 104 valence electrons. The molecule has 0 aromatic heterocycles. The number of amides is 2. The fourth-order valence-corrected chi connectivity index (χ4v) is 1.39. The van der Waals surface area contributed by atoms with Gasteiger partial charge in [0.15, 0.2) is 0 Å². The highest BCUT2D eigenvalue weighted by Gasteiger charge is 2.14. The van der Waals surface area contributed by atoms with Crippen molar-refractivity contribution in [2.45, 2.75) is 12.8 Å². The molecule has 0 atom stereocenters. The van der Waals surface area contributed by atoms with Crippen LogP contribution in [0.2, 0.25) is 0 Å². The molecule has 0 heterocycles. The highest BCUT2D eigenvalue weighted by molar-refractivity contribution is 5.89. The molecule has 0 saturated heterocycles. The van der Waals surface area contributed by atoms with Gasteiger partial charge in [-0.05, 0) is 18.6 Å². The van der Waals surface area contributed by atoms with Crippen molar-refractivity contribution in [3.8, 4) is 0 Å². The number of nitrogens with one attached hydrogen (secondary N) is 1. The molecule has 0 saturated carbocycles. The maximum Gasteiger partial charge on any atom is 0.321 e. The SMILES string of the molecule is CN(CCCC(=O)O)C(=O)Nc1c(F)cccc1F. The van der Waals surface area contributed by atoms with Crippen LogP contribution in [0.25, 0.3) is 0 Å². The van der Waals surface area contributed by atoms with E-state index in [1.54, 1.807) is 0 Å². The zero-order valence-electron chi connectivity index (χ0n) is 10.3. The summed E-state index contributed by atoms with van der Waals surface area (Å²) < 4.78 is 26.6. The van der Waals surface area contributed by atoms with E-state index in [0.29, 0.717) is 0 Å². The fraction of sp³-hybridized carbons (Fsp3) is 0.333. The molecule has 0 aliphatic heterocycles. The molecule has 0 spiro atoms. The second-order valence-electron chi connectivity index (χ2n) is 3.95. The highest BCUT2D eigenvalue weighted by Crippen LogP contribution is 2.18. The van der Waals surface area contributed by atoms with E-state index in [4.69, 9.17) is 5.11 Å². The van der Waals surface area contributed by atoms with Crippen molar-refractivity contribution in [2.24, 2.45) is 0 Å². The molecule has 0 fully saturated rings. The summed E-state index contributed by atoms with van der Waals surface area (Å²) in [5, 5.41) is 10.6. The topological polar surface area (TPSA) is 69.6 Å². The fourth-order valence-electron chi connectivity index (χ4n) is 1.39. The molecular formula is C12H14F2N2O3. The van der Waals surface area contributed by atoms with Crippen LogP contribution in [-0.2, 0) is 4.79 Å². The van der Waals surface area contributed by atoms with Gasteiger partial charge in [-0.25, -0.2) is 13.6 Å². The van der Waals surface area contributed by atoms with Crippen molar-refractivity contribution in [3.05, 3.63) is 29.8 Å².